The molecule has 1 aliphatic rings. The molecule has 1 N–H and O–H groups in total. The SMILES string of the molecule is CCCN(Cc1ncccc1O)C1CCN(C(=O)c2ccccc2)CC1. The lowest BCUT2D eigenvalue weighted by Crippen LogP contribution is -2.46. The van der Waals surface area contributed by atoms with Gasteiger partial charge in [-0.05, 0) is 50.1 Å². The van der Waals surface area contributed by atoms with Crippen molar-refractivity contribution in [3.05, 3.63) is 59.9 Å². The van der Waals surface area contributed by atoms with Crippen molar-refractivity contribution in [3.8, 4) is 5.75 Å². The normalized spacial score (nSPS) is 15.4. The molecule has 0 spiro atoms. The van der Waals surface area contributed by atoms with Crippen molar-refractivity contribution in [1.29, 1.82) is 0 Å². The Balaban J connectivity index is 1.61. The third-order valence-corrected chi connectivity index (χ3v) is 5.02. The first-order valence-electron chi connectivity index (χ1n) is 9.40. The van der Waals surface area contributed by atoms with E-state index in [2.05, 4.69) is 16.8 Å². The van der Waals surface area contributed by atoms with E-state index >= 15 is 0 Å². The number of aromatic nitrogens is 1. The molecule has 1 aromatic heterocycles. The summed E-state index contributed by atoms with van der Waals surface area (Å²) in [6, 6.07) is 13.3. The summed E-state index contributed by atoms with van der Waals surface area (Å²) in [5.74, 6) is 0.374. The number of carbonyl (C=O) groups excluding carboxylic acids is 1. The van der Waals surface area contributed by atoms with E-state index in [0.717, 1.165) is 50.2 Å². The van der Waals surface area contributed by atoms with E-state index in [1.54, 1.807) is 18.3 Å². The summed E-state index contributed by atoms with van der Waals surface area (Å²) in [4.78, 5) is 21.3. The summed E-state index contributed by atoms with van der Waals surface area (Å²) in [6.07, 6.45) is 4.68. The van der Waals surface area contributed by atoms with Crippen LogP contribution in [0.1, 0.15) is 42.2 Å². The lowest BCUT2D eigenvalue weighted by Gasteiger charge is -2.38. The molecule has 5 nitrogen and oxygen atoms in total. The summed E-state index contributed by atoms with van der Waals surface area (Å²) in [5, 5.41) is 10.0. The monoisotopic (exact) mass is 353 g/mol. The van der Waals surface area contributed by atoms with Gasteiger partial charge in [-0.2, -0.15) is 0 Å². The molecule has 2 heterocycles. The third kappa shape index (κ3) is 4.41. The second kappa shape index (κ2) is 8.81. The Kier molecular flexibility index (Phi) is 6.23. The average molecular weight is 353 g/mol. The molecule has 1 aromatic carbocycles. The Morgan fingerprint density at radius 3 is 2.58 bits per heavy atom. The zero-order chi connectivity index (χ0) is 18.4. The Morgan fingerprint density at radius 2 is 1.92 bits per heavy atom. The number of piperidine rings is 1. The largest absolute Gasteiger partial charge is 0.506 e. The van der Waals surface area contributed by atoms with Crippen LogP contribution in [0.4, 0.5) is 0 Å². The van der Waals surface area contributed by atoms with Gasteiger partial charge in [0.15, 0.2) is 0 Å². The van der Waals surface area contributed by atoms with E-state index in [-0.39, 0.29) is 11.7 Å². The fourth-order valence-electron chi connectivity index (χ4n) is 3.62. The summed E-state index contributed by atoms with van der Waals surface area (Å²) in [6.45, 7) is 5.32. The van der Waals surface area contributed by atoms with Gasteiger partial charge in [0.1, 0.15) is 5.75 Å². The Labute approximate surface area is 155 Å². The standard InChI is InChI=1S/C21H27N3O2/c1-2-13-24(16-19-20(25)9-6-12-22-19)18-10-14-23(15-11-18)21(26)17-7-4-3-5-8-17/h3-9,12,18,25H,2,10-11,13-16H2,1H3. The van der Waals surface area contributed by atoms with E-state index < -0.39 is 0 Å². The van der Waals surface area contributed by atoms with Crippen LogP contribution >= 0.6 is 0 Å². The van der Waals surface area contributed by atoms with Crippen LogP contribution in [-0.4, -0.2) is 51.5 Å². The van der Waals surface area contributed by atoms with Crippen LogP contribution in [0.2, 0.25) is 0 Å². The lowest BCUT2D eigenvalue weighted by molar-refractivity contribution is 0.0604. The van der Waals surface area contributed by atoms with Gasteiger partial charge in [0.05, 0.1) is 5.69 Å². The molecule has 0 aliphatic carbocycles. The van der Waals surface area contributed by atoms with Gasteiger partial charge in [-0.1, -0.05) is 25.1 Å². The van der Waals surface area contributed by atoms with Crippen molar-refractivity contribution in [3.63, 3.8) is 0 Å². The van der Waals surface area contributed by atoms with E-state index in [1.807, 2.05) is 35.2 Å². The van der Waals surface area contributed by atoms with Gasteiger partial charge >= 0.3 is 0 Å². The van der Waals surface area contributed by atoms with Gasteiger partial charge in [0.2, 0.25) is 0 Å². The zero-order valence-corrected chi connectivity index (χ0v) is 15.3. The predicted octanol–water partition coefficient (Wildman–Crippen LogP) is 3.30. The van der Waals surface area contributed by atoms with Crippen molar-refractivity contribution in [2.75, 3.05) is 19.6 Å². The van der Waals surface area contributed by atoms with Gasteiger partial charge in [0.25, 0.3) is 5.91 Å². The Bertz CT molecular complexity index is 712. The number of amides is 1. The highest BCUT2D eigenvalue weighted by Gasteiger charge is 2.27. The third-order valence-electron chi connectivity index (χ3n) is 5.02. The minimum absolute atomic E-state index is 0.119. The van der Waals surface area contributed by atoms with Crippen molar-refractivity contribution < 1.29 is 9.90 Å². The highest BCUT2D eigenvalue weighted by Crippen LogP contribution is 2.23. The quantitative estimate of drug-likeness (QED) is 0.866. The molecule has 3 rings (SSSR count). The summed E-state index contributed by atoms with van der Waals surface area (Å²) in [5.41, 5.74) is 1.48. The molecule has 0 bridgehead atoms. The second-order valence-corrected chi connectivity index (χ2v) is 6.83. The molecule has 1 fully saturated rings. The van der Waals surface area contributed by atoms with Crippen LogP contribution in [0.15, 0.2) is 48.7 Å². The van der Waals surface area contributed by atoms with Crippen molar-refractivity contribution in [2.45, 2.75) is 38.8 Å². The number of likely N-dealkylation sites (tertiary alicyclic amines) is 1. The molecule has 1 amide bonds. The molecule has 5 heteroatoms. The van der Waals surface area contributed by atoms with E-state index in [9.17, 15) is 9.90 Å². The predicted molar refractivity (Wildman–Crippen MR) is 102 cm³/mol. The molecule has 1 saturated heterocycles. The topological polar surface area (TPSA) is 56.7 Å². The first-order valence-corrected chi connectivity index (χ1v) is 9.40. The number of benzene rings is 1. The van der Waals surface area contributed by atoms with Crippen LogP contribution in [0.5, 0.6) is 5.75 Å². The zero-order valence-electron chi connectivity index (χ0n) is 15.3. The van der Waals surface area contributed by atoms with Gasteiger partial charge in [-0.25, -0.2) is 0 Å². The van der Waals surface area contributed by atoms with Crippen molar-refractivity contribution in [2.24, 2.45) is 0 Å². The maximum atomic E-state index is 12.6. The molecule has 0 saturated carbocycles. The minimum Gasteiger partial charge on any atom is -0.506 e. The molecule has 26 heavy (non-hydrogen) atoms. The summed E-state index contributed by atoms with van der Waals surface area (Å²) < 4.78 is 0. The van der Waals surface area contributed by atoms with Crippen LogP contribution in [-0.2, 0) is 6.54 Å². The van der Waals surface area contributed by atoms with Crippen LogP contribution < -0.4 is 0 Å². The van der Waals surface area contributed by atoms with Crippen LogP contribution in [0, 0.1) is 0 Å². The fraction of sp³-hybridized carbons (Fsp3) is 0.429. The summed E-state index contributed by atoms with van der Waals surface area (Å²) in [7, 11) is 0. The molecule has 1 aliphatic heterocycles. The van der Waals surface area contributed by atoms with E-state index in [1.165, 1.54) is 0 Å². The molecule has 0 atom stereocenters. The lowest BCUT2D eigenvalue weighted by atomic mass is 10.0. The van der Waals surface area contributed by atoms with Crippen LogP contribution in [0.25, 0.3) is 0 Å². The molecule has 0 unspecified atom stereocenters. The smallest absolute Gasteiger partial charge is 0.253 e. The number of aromatic hydroxyl groups is 1. The van der Waals surface area contributed by atoms with Crippen LogP contribution in [0.3, 0.4) is 0 Å². The summed E-state index contributed by atoms with van der Waals surface area (Å²) >= 11 is 0. The molecular weight excluding hydrogens is 326 g/mol. The first kappa shape index (κ1) is 18.4. The Hall–Kier alpha value is -2.40. The van der Waals surface area contributed by atoms with E-state index in [4.69, 9.17) is 0 Å². The fourth-order valence-corrected chi connectivity index (χ4v) is 3.62. The van der Waals surface area contributed by atoms with Gasteiger partial charge in [-0.15, -0.1) is 0 Å². The van der Waals surface area contributed by atoms with E-state index in [0.29, 0.717) is 12.6 Å². The number of pyridine rings is 1. The number of hydrogen-bond donors (Lipinski definition) is 1. The molecule has 138 valence electrons. The number of nitrogens with zero attached hydrogens (tertiary/aromatic N) is 3. The minimum atomic E-state index is 0.119. The van der Waals surface area contributed by atoms with Crippen molar-refractivity contribution in [1.82, 2.24) is 14.8 Å². The first-order chi connectivity index (χ1) is 12.7. The highest BCUT2D eigenvalue weighted by atomic mass is 16.3. The van der Waals surface area contributed by atoms with Gasteiger partial charge in [0, 0.05) is 37.4 Å². The number of hydrogen-bond acceptors (Lipinski definition) is 4. The molecular formula is C21H27N3O2. The van der Waals surface area contributed by atoms with Gasteiger partial charge < -0.3 is 10.0 Å². The van der Waals surface area contributed by atoms with Crippen molar-refractivity contribution >= 4 is 5.91 Å². The van der Waals surface area contributed by atoms with Gasteiger partial charge in [-0.3, -0.25) is 14.7 Å². The average Bonchev–Trinajstić information content (AvgIpc) is 2.69. The maximum Gasteiger partial charge on any atom is 0.253 e. The number of carbonyl (C=O) groups is 1. The maximum absolute atomic E-state index is 12.6. The number of rotatable bonds is 6. The molecule has 0 radical (unpaired) electrons. The highest BCUT2D eigenvalue weighted by molar-refractivity contribution is 5.94. The molecule has 2 aromatic rings. The second-order valence-electron chi connectivity index (χ2n) is 6.83. The Morgan fingerprint density at radius 1 is 1.19 bits per heavy atom.